The zero-order valence-electron chi connectivity index (χ0n) is 19.9. The first-order chi connectivity index (χ1) is 15.3. The van der Waals surface area contributed by atoms with Crippen LogP contribution in [0.1, 0.15) is 52.2 Å². The molecule has 1 aromatic rings. The Morgan fingerprint density at radius 2 is 1.76 bits per heavy atom. The Kier molecular flexibility index (Phi) is 6.33. The number of hydrogen-bond acceptors (Lipinski definition) is 7. The van der Waals surface area contributed by atoms with Crippen LogP contribution in [-0.2, 0) is 39.4 Å². The van der Waals surface area contributed by atoms with Gasteiger partial charge in [-0.05, 0) is 17.2 Å². The Labute approximate surface area is 198 Å². The third-order valence-electron chi connectivity index (χ3n) is 6.56. The Morgan fingerprint density at radius 1 is 1.15 bits per heavy atom. The van der Waals surface area contributed by atoms with E-state index in [1.807, 2.05) is 6.07 Å². The maximum atomic E-state index is 12.3. The van der Waals surface area contributed by atoms with Gasteiger partial charge in [0.15, 0.2) is 5.60 Å². The van der Waals surface area contributed by atoms with Crippen molar-refractivity contribution in [2.75, 3.05) is 20.8 Å². The molecule has 0 bridgehead atoms. The molecular weight excluding hydrogens is 450 g/mol. The van der Waals surface area contributed by atoms with Gasteiger partial charge in [-0.2, -0.15) is 4.89 Å². The molecule has 33 heavy (non-hydrogen) atoms. The highest BCUT2D eigenvalue weighted by atomic mass is 35.5. The zero-order valence-corrected chi connectivity index (χ0v) is 20.7. The van der Waals surface area contributed by atoms with Gasteiger partial charge >= 0.3 is 11.9 Å². The fraction of sp³-hybridized carbons (Fsp3) is 0.583. The lowest BCUT2D eigenvalue weighted by Crippen LogP contribution is -2.73. The van der Waals surface area contributed by atoms with E-state index < -0.39 is 34.6 Å². The molecule has 2 aliphatic heterocycles. The van der Waals surface area contributed by atoms with E-state index >= 15 is 0 Å². The van der Waals surface area contributed by atoms with Crippen molar-refractivity contribution in [2.24, 2.45) is 10.8 Å². The van der Waals surface area contributed by atoms with E-state index in [-0.39, 0.29) is 16.4 Å². The summed E-state index contributed by atoms with van der Waals surface area (Å²) in [6.07, 6.45) is -0.422. The summed E-state index contributed by atoms with van der Waals surface area (Å²) in [5.74, 6) is -1.16. The minimum atomic E-state index is -2.19. The van der Waals surface area contributed by atoms with Gasteiger partial charge in [-0.25, -0.2) is 14.5 Å². The van der Waals surface area contributed by atoms with E-state index in [1.165, 1.54) is 0 Å². The number of benzene rings is 1. The number of carbonyl (C=O) groups excluding carboxylic acids is 2. The molecule has 8 nitrogen and oxygen atoms in total. The van der Waals surface area contributed by atoms with Crippen molar-refractivity contribution < 1.29 is 33.6 Å². The maximum Gasteiger partial charge on any atom is 0.338 e. The topological polar surface area (TPSA) is 103 Å². The molecule has 2 fully saturated rings. The summed E-state index contributed by atoms with van der Waals surface area (Å²) >= 11 is 6.32. The van der Waals surface area contributed by atoms with E-state index in [9.17, 15) is 15.0 Å². The van der Waals surface area contributed by atoms with Crippen LogP contribution in [-0.4, -0.2) is 49.1 Å². The van der Waals surface area contributed by atoms with Crippen molar-refractivity contribution in [1.29, 1.82) is 0 Å². The number of allylic oxidation sites excluding steroid dienone is 1. The fourth-order valence-corrected chi connectivity index (χ4v) is 5.44. The first kappa shape index (κ1) is 25.4. The van der Waals surface area contributed by atoms with Crippen LogP contribution in [0.3, 0.4) is 0 Å². The molecule has 0 amide bonds. The molecule has 2 aliphatic rings. The summed E-state index contributed by atoms with van der Waals surface area (Å²) in [5, 5.41) is 9.86. The van der Waals surface area contributed by atoms with E-state index in [1.54, 1.807) is 18.2 Å². The van der Waals surface area contributed by atoms with Gasteiger partial charge in [-0.3, -0.25) is 5.87 Å². The predicted molar refractivity (Wildman–Crippen MR) is 121 cm³/mol. The van der Waals surface area contributed by atoms with Crippen molar-refractivity contribution in [2.45, 2.75) is 57.3 Å². The number of fused-ring (bicyclic) bond motifs is 1. The minimum Gasteiger partial charge on any atom is -0.763 e. The summed E-state index contributed by atoms with van der Waals surface area (Å²) in [7, 11) is 2.21. The second kappa shape index (κ2) is 8.22. The predicted octanol–water partition coefficient (Wildman–Crippen LogP) is 3.98. The summed E-state index contributed by atoms with van der Waals surface area (Å²) < 4.78 is 15.6. The van der Waals surface area contributed by atoms with Gasteiger partial charge in [-0.15, -0.1) is 0 Å². The third-order valence-corrected chi connectivity index (χ3v) is 7.00. The molecule has 9 heteroatoms. The fourth-order valence-electron chi connectivity index (χ4n) is 5.15. The molecule has 2 unspecified atom stereocenters. The van der Waals surface area contributed by atoms with Crippen LogP contribution in [0.2, 0.25) is 0 Å². The summed E-state index contributed by atoms with van der Waals surface area (Å²) in [6.45, 7) is 10.7. The number of halogens is 1. The first-order valence-electron chi connectivity index (χ1n) is 10.5. The Balaban J connectivity index is 2.06. The second-order valence-corrected chi connectivity index (χ2v) is 10.7. The number of hydrogen-bond donors (Lipinski definition) is 0. The van der Waals surface area contributed by atoms with Crippen LogP contribution in [0.5, 0.6) is 0 Å². The van der Waals surface area contributed by atoms with E-state index in [0.29, 0.717) is 17.7 Å². The van der Waals surface area contributed by atoms with Gasteiger partial charge in [0.05, 0.1) is 20.8 Å². The van der Waals surface area contributed by atoms with Crippen molar-refractivity contribution in [1.82, 2.24) is 0 Å². The summed E-state index contributed by atoms with van der Waals surface area (Å²) in [6, 6.07) is 6.99. The van der Waals surface area contributed by atoms with Crippen LogP contribution in [0.15, 0.2) is 24.3 Å². The normalized spacial score (nSPS) is 25.9. The molecule has 2 atom stereocenters. The molecule has 2 saturated heterocycles. The monoisotopic (exact) mass is 478 g/mol. The highest BCUT2D eigenvalue weighted by molar-refractivity contribution is 6.45. The molecule has 2 heterocycles. The van der Waals surface area contributed by atoms with Crippen molar-refractivity contribution >= 4 is 35.0 Å². The highest BCUT2D eigenvalue weighted by Gasteiger charge is 2.81. The smallest absolute Gasteiger partial charge is 0.338 e. The van der Waals surface area contributed by atoms with Gasteiger partial charge in [0.2, 0.25) is 4.87 Å². The van der Waals surface area contributed by atoms with Gasteiger partial charge in [0.25, 0.3) is 5.79 Å². The second-order valence-electron chi connectivity index (χ2n) is 10.0. The first-order valence-corrected chi connectivity index (χ1v) is 10.9. The quantitative estimate of drug-likeness (QED) is 0.200. The Hall–Kier alpha value is -2.22. The molecule has 3 rings (SSSR count). The summed E-state index contributed by atoms with van der Waals surface area (Å²) in [5.41, 5.74) is -0.332. The van der Waals surface area contributed by atoms with Crippen molar-refractivity contribution in [3.63, 3.8) is 0 Å². The number of ether oxygens (including phenoxy) is 3. The maximum absolute atomic E-state index is 12.3. The Bertz CT molecular complexity index is 1010. The number of carbonyl (C=O) groups is 2. The van der Waals surface area contributed by atoms with Crippen LogP contribution in [0, 0.1) is 10.8 Å². The van der Waals surface area contributed by atoms with Gasteiger partial charge in [-0.1, -0.05) is 64.4 Å². The molecule has 1 aromatic carbocycles. The van der Waals surface area contributed by atoms with Crippen LogP contribution < -0.4 is 0 Å². The summed E-state index contributed by atoms with van der Waals surface area (Å²) in [4.78, 5) is 33.9. The largest absolute Gasteiger partial charge is 0.763 e. The van der Waals surface area contributed by atoms with Crippen LogP contribution >= 0.6 is 11.6 Å². The number of methoxy groups -OCH3 is 2. The van der Waals surface area contributed by atoms with Gasteiger partial charge < -0.3 is 19.6 Å². The average Bonchev–Trinajstić information content (AvgIpc) is 2.91. The molecule has 180 valence electrons. The number of rotatable bonds is 6. The third kappa shape index (κ3) is 3.44. The molecule has 0 N–H and O–H groups in total. The highest BCUT2D eigenvalue weighted by Crippen LogP contribution is 2.69. The Morgan fingerprint density at radius 3 is 2.21 bits per heavy atom. The lowest BCUT2D eigenvalue weighted by molar-refractivity contribution is -0.626. The number of alkyl halides is 1. The molecule has 0 saturated carbocycles. The lowest BCUT2D eigenvalue weighted by atomic mass is 9.57. The lowest BCUT2D eigenvalue weighted by Gasteiger charge is -2.61. The molecule has 0 radical (unpaired) electrons. The van der Waals surface area contributed by atoms with E-state index in [2.05, 4.69) is 50.0 Å². The molecule has 0 spiro atoms. The molecule has 0 aromatic heterocycles. The SMILES string of the molecule is COC(=O)C(Cl)(CC(=C=[N-])c1cccc(C23OCC(C)(C)C2(C(C)(C)C)OO3)c1)C(=O)OC. The zero-order chi connectivity index (χ0) is 24.9. The molecule has 0 aliphatic carbocycles. The van der Waals surface area contributed by atoms with Crippen LogP contribution in [0.25, 0.3) is 11.0 Å². The van der Waals surface area contributed by atoms with Crippen molar-refractivity contribution in [3.05, 3.63) is 40.8 Å². The standard InChI is InChI=1S/C24H29ClNO7/c1-20(2,3)24-21(4,5)14-31-23(24,32-33-24)17-10-8-9-15(11-17)16(13-26)12-22(25,18(27)29-6)19(28)30-7/h8-11H,12,14H2,1-7H3/q-1. The van der Waals surface area contributed by atoms with E-state index in [4.69, 9.17) is 26.1 Å². The van der Waals surface area contributed by atoms with Crippen molar-refractivity contribution in [3.8, 4) is 0 Å². The van der Waals surface area contributed by atoms with Crippen LogP contribution in [0.4, 0.5) is 0 Å². The average molecular weight is 479 g/mol. The van der Waals surface area contributed by atoms with Gasteiger partial charge in [0.1, 0.15) is 0 Å². The van der Waals surface area contributed by atoms with Gasteiger partial charge in [0, 0.05) is 22.8 Å². The number of esters is 2. The van der Waals surface area contributed by atoms with E-state index in [0.717, 1.165) is 14.2 Å². The number of nitrogens with zero attached hydrogens (tertiary/aromatic N) is 1. The molecular formula is C24H29ClNO7-. The minimum absolute atomic E-state index is 0.0953.